The Bertz CT molecular complexity index is 716. The molecule has 0 fully saturated rings. The SMILES string of the molecule is COC[C@@H](C)n1c(COc2ccccc2F)nnc1S[C@@H](C)C#N. The third kappa shape index (κ3) is 4.46. The molecule has 8 heteroatoms. The zero-order chi connectivity index (χ0) is 17.5. The molecule has 0 unspecified atom stereocenters. The monoisotopic (exact) mass is 350 g/mol. The van der Waals surface area contributed by atoms with Gasteiger partial charge in [-0.3, -0.25) is 4.57 Å². The van der Waals surface area contributed by atoms with Crippen molar-refractivity contribution in [1.82, 2.24) is 14.8 Å². The van der Waals surface area contributed by atoms with Crippen LogP contribution in [-0.4, -0.2) is 33.7 Å². The van der Waals surface area contributed by atoms with E-state index in [-0.39, 0.29) is 23.6 Å². The predicted molar refractivity (Wildman–Crippen MR) is 88.3 cm³/mol. The van der Waals surface area contributed by atoms with Gasteiger partial charge in [0.1, 0.15) is 6.61 Å². The number of hydrogen-bond acceptors (Lipinski definition) is 6. The van der Waals surface area contributed by atoms with E-state index in [0.29, 0.717) is 17.6 Å². The molecule has 0 aliphatic carbocycles. The molecule has 0 aliphatic heterocycles. The van der Waals surface area contributed by atoms with Gasteiger partial charge in [-0.1, -0.05) is 23.9 Å². The summed E-state index contributed by atoms with van der Waals surface area (Å²) in [5.74, 6) is 0.280. The van der Waals surface area contributed by atoms with Gasteiger partial charge in [-0.25, -0.2) is 4.39 Å². The summed E-state index contributed by atoms with van der Waals surface area (Å²) in [6.45, 7) is 4.28. The van der Waals surface area contributed by atoms with Crippen LogP contribution >= 0.6 is 11.8 Å². The van der Waals surface area contributed by atoms with Crippen LogP contribution in [0.3, 0.4) is 0 Å². The van der Waals surface area contributed by atoms with Crippen LogP contribution in [0.4, 0.5) is 4.39 Å². The number of hydrogen-bond donors (Lipinski definition) is 0. The molecule has 1 aromatic heterocycles. The Morgan fingerprint density at radius 3 is 2.75 bits per heavy atom. The lowest BCUT2D eigenvalue weighted by molar-refractivity contribution is 0.154. The molecule has 0 N–H and O–H groups in total. The van der Waals surface area contributed by atoms with Gasteiger partial charge in [0.2, 0.25) is 0 Å². The number of nitrogens with zero attached hydrogens (tertiary/aromatic N) is 4. The van der Waals surface area contributed by atoms with Crippen LogP contribution in [0, 0.1) is 17.1 Å². The molecule has 0 aliphatic rings. The molecule has 0 spiro atoms. The van der Waals surface area contributed by atoms with Gasteiger partial charge in [0.05, 0.1) is 24.0 Å². The lowest BCUT2D eigenvalue weighted by Crippen LogP contribution is -2.17. The maximum absolute atomic E-state index is 13.7. The largest absolute Gasteiger partial charge is 0.483 e. The second-order valence-corrected chi connectivity index (χ2v) is 6.49. The van der Waals surface area contributed by atoms with Gasteiger partial charge in [-0.05, 0) is 26.0 Å². The number of methoxy groups -OCH3 is 1. The molecular weight excluding hydrogens is 331 g/mol. The summed E-state index contributed by atoms with van der Waals surface area (Å²) >= 11 is 1.31. The number of benzene rings is 1. The van der Waals surface area contributed by atoms with Crippen molar-refractivity contribution in [3.63, 3.8) is 0 Å². The summed E-state index contributed by atoms with van der Waals surface area (Å²) in [6.07, 6.45) is 0. The first-order valence-electron chi connectivity index (χ1n) is 7.43. The Labute approximate surface area is 144 Å². The smallest absolute Gasteiger partial charge is 0.192 e. The van der Waals surface area contributed by atoms with E-state index in [1.54, 1.807) is 32.2 Å². The van der Waals surface area contributed by atoms with Crippen molar-refractivity contribution in [3.05, 3.63) is 35.9 Å². The summed E-state index contributed by atoms with van der Waals surface area (Å²) in [5.41, 5.74) is 0. The molecule has 24 heavy (non-hydrogen) atoms. The van der Waals surface area contributed by atoms with Gasteiger partial charge in [-0.2, -0.15) is 5.26 Å². The number of thioether (sulfide) groups is 1. The Kier molecular flexibility index (Phi) is 6.58. The van der Waals surface area contributed by atoms with Crippen LogP contribution < -0.4 is 4.74 Å². The molecule has 0 amide bonds. The first kappa shape index (κ1) is 18.2. The molecule has 2 aromatic rings. The summed E-state index contributed by atoms with van der Waals surface area (Å²) in [6, 6.07) is 8.31. The van der Waals surface area contributed by atoms with Gasteiger partial charge in [0, 0.05) is 7.11 Å². The highest BCUT2D eigenvalue weighted by atomic mass is 32.2. The molecule has 2 rings (SSSR count). The molecule has 128 valence electrons. The Balaban J connectivity index is 2.22. The van der Waals surface area contributed by atoms with E-state index in [2.05, 4.69) is 16.3 Å². The number of halogens is 1. The molecule has 2 atom stereocenters. The quantitative estimate of drug-likeness (QED) is 0.681. The van der Waals surface area contributed by atoms with Crippen LogP contribution in [0.15, 0.2) is 29.4 Å². The fourth-order valence-electron chi connectivity index (χ4n) is 2.13. The van der Waals surface area contributed by atoms with Crippen molar-refractivity contribution in [2.24, 2.45) is 0 Å². The van der Waals surface area contributed by atoms with Crippen molar-refractivity contribution in [3.8, 4) is 11.8 Å². The minimum atomic E-state index is -0.429. The van der Waals surface area contributed by atoms with Crippen LogP contribution in [0.25, 0.3) is 0 Å². The summed E-state index contributed by atoms with van der Waals surface area (Å²) in [5, 5.41) is 17.6. The fraction of sp³-hybridized carbons (Fsp3) is 0.438. The normalized spacial score (nSPS) is 13.3. The van der Waals surface area contributed by atoms with E-state index in [9.17, 15) is 4.39 Å². The zero-order valence-electron chi connectivity index (χ0n) is 13.8. The summed E-state index contributed by atoms with van der Waals surface area (Å²) < 4.78 is 26.3. The minimum absolute atomic E-state index is 0.0439. The van der Waals surface area contributed by atoms with Gasteiger partial charge in [0.25, 0.3) is 0 Å². The van der Waals surface area contributed by atoms with Crippen molar-refractivity contribution in [2.75, 3.05) is 13.7 Å². The van der Waals surface area contributed by atoms with Gasteiger partial charge in [-0.15, -0.1) is 10.2 Å². The third-order valence-electron chi connectivity index (χ3n) is 3.24. The predicted octanol–water partition coefficient (Wildman–Crippen LogP) is 3.21. The first-order valence-corrected chi connectivity index (χ1v) is 8.31. The molecular formula is C16H19FN4O2S. The molecule has 0 saturated carbocycles. The Hall–Kier alpha value is -2.11. The van der Waals surface area contributed by atoms with Crippen molar-refractivity contribution < 1.29 is 13.9 Å². The highest BCUT2D eigenvalue weighted by molar-refractivity contribution is 8.00. The zero-order valence-corrected chi connectivity index (χ0v) is 14.6. The summed E-state index contributed by atoms with van der Waals surface area (Å²) in [4.78, 5) is 0. The number of aromatic nitrogens is 3. The number of nitriles is 1. The van der Waals surface area contributed by atoms with Crippen LogP contribution in [0.5, 0.6) is 5.75 Å². The number of para-hydroxylation sites is 1. The average molecular weight is 350 g/mol. The number of rotatable bonds is 8. The van der Waals surface area contributed by atoms with E-state index in [1.807, 2.05) is 11.5 Å². The van der Waals surface area contributed by atoms with Crippen molar-refractivity contribution in [2.45, 2.75) is 36.9 Å². The Morgan fingerprint density at radius 2 is 2.08 bits per heavy atom. The second-order valence-electron chi connectivity index (χ2n) is 5.18. The molecule has 0 saturated heterocycles. The van der Waals surface area contributed by atoms with E-state index < -0.39 is 5.82 Å². The number of ether oxygens (including phenoxy) is 2. The summed E-state index contributed by atoms with van der Waals surface area (Å²) in [7, 11) is 1.61. The fourth-order valence-corrected chi connectivity index (χ4v) is 2.99. The standard InChI is InChI=1S/C16H19FN4O2S/c1-11(9-22-3)21-15(19-20-16(21)24-12(2)8-18)10-23-14-7-5-4-6-13(14)17/h4-7,11-12H,9-10H2,1-3H3/t11-,12+/m1/s1. The van der Waals surface area contributed by atoms with E-state index in [4.69, 9.17) is 14.7 Å². The van der Waals surface area contributed by atoms with Crippen molar-refractivity contribution in [1.29, 1.82) is 5.26 Å². The lowest BCUT2D eigenvalue weighted by atomic mass is 10.3. The van der Waals surface area contributed by atoms with E-state index in [1.165, 1.54) is 17.8 Å². The first-order chi connectivity index (χ1) is 11.6. The van der Waals surface area contributed by atoms with E-state index in [0.717, 1.165) is 0 Å². The molecule has 0 bridgehead atoms. The molecule has 6 nitrogen and oxygen atoms in total. The average Bonchev–Trinajstić information content (AvgIpc) is 2.96. The van der Waals surface area contributed by atoms with Crippen molar-refractivity contribution >= 4 is 11.8 Å². The molecule has 0 radical (unpaired) electrons. The van der Waals surface area contributed by atoms with Crippen LogP contribution in [0.1, 0.15) is 25.7 Å². The molecule has 1 aromatic carbocycles. The van der Waals surface area contributed by atoms with E-state index >= 15 is 0 Å². The third-order valence-corrected chi connectivity index (χ3v) is 4.19. The topological polar surface area (TPSA) is 73.0 Å². The van der Waals surface area contributed by atoms with Crippen LogP contribution in [-0.2, 0) is 11.3 Å². The molecule has 1 heterocycles. The second kappa shape index (κ2) is 8.66. The van der Waals surface area contributed by atoms with Gasteiger partial charge in [0.15, 0.2) is 22.5 Å². The lowest BCUT2D eigenvalue weighted by Gasteiger charge is -2.17. The Morgan fingerprint density at radius 1 is 1.33 bits per heavy atom. The highest BCUT2D eigenvalue weighted by Gasteiger charge is 2.20. The maximum Gasteiger partial charge on any atom is 0.192 e. The van der Waals surface area contributed by atoms with Gasteiger partial charge < -0.3 is 9.47 Å². The highest BCUT2D eigenvalue weighted by Crippen LogP contribution is 2.26. The van der Waals surface area contributed by atoms with Crippen LogP contribution in [0.2, 0.25) is 0 Å². The maximum atomic E-state index is 13.7. The minimum Gasteiger partial charge on any atom is -0.483 e. The van der Waals surface area contributed by atoms with Gasteiger partial charge >= 0.3 is 0 Å².